The van der Waals surface area contributed by atoms with Crippen LogP contribution in [0.3, 0.4) is 0 Å². The minimum absolute atomic E-state index is 0.283. The summed E-state index contributed by atoms with van der Waals surface area (Å²) < 4.78 is 5.79. The predicted molar refractivity (Wildman–Crippen MR) is 99.6 cm³/mol. The van der Waals surface area contributed by atoms with Crippen molar-refractivity contribution in [2.45, 2.75) is 6.54 Å². The highest BCUT2D eigenvalue weighted by Gasteiger charge is 2.11. The molecule has 2 aromatic heterocycles. The topological polar surface area (TPSA) is 67.2 Å². The zero-order valence-electron chi connectivity index (χ0n) is 13.2. The second-order valence-electron chi connectivity index (χ2n) is 5.48. The summed E-state index contributed by atoms with van der Waals surface area (Å²) >= 11 is 1.36. The summed E-state index contributed by atoms with van der Waals surface area (Å²) in [7, 11) is 0. The van der Waals surface area contributed by atoms with E-state index in [9.17, 15) is 4.79 Å². The Balaban J connectivity index is 1.41. The zero-order chi connectivity index (χ0) is 17.1. The summed E-state index contributed by atoms with van der Waals surface area (Å²) in [6.07, 6.45) is 0. The maximum absolute atomic E-state index is 12.0. The smallest absolute Gasteiger partial charge is 0.321 e. The summed E-state index contributed by atoms with van der Waals surface area (Å²) in [5, 5.41) is 8.99. The van der Waals surface area contributed by atoms with E-state index >= 15 is 0 Å². The molecule has 0 unspecified atom stereocenters. The van der Waals surface area contributed by atoms with Gasteiger partial charge in [-0.3, -0.25) is 5.32 Å². The second kappa shape index (κ2) is 6.78. The van der Waals surface area contributed by atoms with E-state index in [1.807, 2.05) is 66.0 Å². The lowest BCUT2D eigenvalue weighted by atomic mass is 10.2. The van der Waals surface area contributed by atoms with Crippen LogP contribution in [0.1, 0.15) is 5.56 Å². The van der Waals surface area contributed by atoms with Gasteiger partial charge in [0.15, 0.2) is 10.9 Å². The van der Waals surface area contributed by atoms with E-state index in [4.69, 9.17) is 4.42 Å². The Bertz CT molecular complexity index is 975. The highest BCUT2D eigenvalue weighted by Crippen LogP contribution is 2.30. The minimum Gasteiger partial charge on any atom is -0.454 e. The third-order valence-corrected chi connectivity index (χ3v) is 4.46. The lowest BCUT2D eigenvalue weighted by Gasteiger charge is -2.05. The molecule has 0 bridgehead atoms. The number of nitrogens with zero attached hydrogens (tertiary/aromatic N) is 1. The van der Waals surface area contributed by atoms with Gasteiger partial charge >= 0.3 is 6.03 Å². The van der Waals surface area contributed by atoms with Gasteiger partial charge in [0.05, 0.1) is 0 Å². The van der Waals surface area contributed by atoms with Gasteiger partial charge in [0.1, 0.15) is 11.3 Å². The van der Waals surface area contributed by atoms with E-state index in [-0.39, 0.29) is 6.03 Å². The molecule has 0 saturated heterocycles. The van der Waals surface area contributed by atoms with Crippen molar-refractivity contribution in [1.29, 1.82) is 0 Å². The maximum atomic E-state index is 12.0. The maximum Gasteiger partial charge on any atom is 0.321 e. The number of anilines is 1. The van der Waals surface area contributed by atoms with Crippen molar-refractivity contribution in [2.24, 2.45) is 0 Å². The lowest BCUT2D eigenvalue weighted by Crippen LogP contribution is -2.28. The van der Waals surface area contributed by atoms with Crippen molar-refractivity contribution in [3.8, 4) is 11.5 Å². The quantitative estimate of drug-likeness (QED) is 0.552. The van der Waals surface area contributed by atoms with E-state index in [1.165, 1.54) is 11.3 Å². The normalized spacial score (nSPS) is 10.7. The molecule has 0 aliphatic heterocycles. The zero-order valence-corrected chi connectivity index (χ0v) is 14.0. The monoisotopic (exact) mass is 349 g/mol. The summed E-state index contributed by atoms with van der Waals surface area (Å²) in [6.45, 7) is 0.467. The number of hydrogen-bond donors (Lipinski definition) is 2. The molecular weight excluding hydrogens is 334 g/mol. The van der Waals surface area contributed by atoms with E-state index in [0.717, 1.165) is 16.5 Å². The van der Waals surface area contributed by atoms with E-state index in [1.54, 1.807) is 0 Å². The molecule has 2 heterocycles. The van der Waals surface area contributed by atoms with Gasteiger partial charge in [0, 0.05) is 17.3 Å². The van der Waals surface area contributed by atoms with E-state index < -0.39 is 0 Å². The molecule has 6 heteroatoms. The fourth-order valence-electron chi connectivity index (χ4n) is 2.47. The van der Waals surface area contributed by atoms with Gasteiger partial charge in [-0.15, -0.1) is 11.3 Å². The number of hydrogen-bond acceptors (Lipinski definition) is 4. The van der Waals surface area contributed by atoms with Gasteiger partial charge in [-0.25, -0.2) is 9.78 Å². The number of thiazole rings is 1. The molecule has 0 radical (unpaired) electrons. The summed E-state index contributed by atoms with van der Waals surface area (Å²) in [5.74, 6) is 0.690. The van der Waals surface area contributed by atoms with E-state index in [0.29, 0.717) is 23.1 Å². The molecule has 0 aliphatic carbocycles. The molecule has 0 fully saturated rings. The summed E-state index contributed by atoms with van der Waals surface area (Å²) in [6, 6.07) is 19.2. The molecule has 0 spiro atoms. The Labute approximate surface area is 148 Å². The fraction of sp³-hybridized carbons (Fsp3) is 0.0526. The molecule has 124 valence electrons. The Hall–Kier alpha value is -3.12. The first kappa shape index (κ1) is 15.4. The minimum atomic E-state index is -0.283. The summed E-state index contributed by atoms with van der Waals surface area (Å²) in [4.78, 5) is 16.4. The van der Waals surface area contributed by atoms with E-state index in [2.05, 4.69) is 15.6 Å². The molecule has 0 atom stereocenters. The van der Waals surface area contributed by atoms with Gasteiger partial charge in [0.2, 0.25) is 0 Å². The highest BCUT2D eigenvalue weighted by molar-refractivity contribution is 7.14. The molecule has 0 saturated carbocycles. The van der Waals surface area contributed by atoms with Crippen molar-refractivity contribution in [2.75, 3.05) is 5.32 Å². The van der Waals surface area contributed by atoms with Crippen molar-refractivity contribution >= 4 is 33.5 Å². The molecule has 4 aromatic rings. The van der Waals surface area contributed by atoms with Crippen LogP contribution in [0.4, 0.5) is 9.93 Å². The number of carbonyl (C=O) groups is 1. The molecular formula is C19H15N3O2S. The Kier molecular flexibility index (Phi) is 4.18. The van der Waals surface area contributed by atoms with Crippen LogP contribution < -0.4 is 10.6 Å². The highest BCUT2D eigenvalue weighted by atomic mass is 32.1. The Morgan fingerprint density at radius 2 is 1.88 bits per heavy atom. The number of benzene rings is 2. The number of nitrogens with one attached hydrogen (secondary N) is 2. The van der Waals surface area contributed by atoms with Gasteiger partial charge < -0.3 is 9.73 Å². The van der Waals surface area contributed by atoms with Gasteiger partial charge in [-0.2, -0.15) is 0 Å². The van der Waals surface area contributed by atoms with Crippen LogP contribution in [0.2, 0.25) is 0 Å². The number of para-hydroxylation sites is 1. The van der Waals surface area contributed by atoms with Crippen molar-refractivity contribution in [1.82, 2.24) is 10.3 Å². The van der Waals surface area contributed by atoms with Crippen LogP contribution in [-0.2, 0) is 6.54 Å². The van der Waals surface area contributed by atoms with Gasteiger partial charge in [-0.1, -0.05) is 48.5 Å². The number of rotatable bonds is 4. The average molecular weight is 349 g/mol. The largest absolute Gasteiger partial charge is 0.454 e. The molecule has 2 N–H and O–H groups in total. The average Bonchev–Trinajstić information content (AvgIpc) is 3.27. The number of furan rings is 1. The van der Waals surface area contributed by atoms with Crippen molar-refractivity contribution in [3.63, 3.8) is 0 Å². The van der Waals surface area contributed by atoms with Gasteiger partial charge in [-0.05, 0) is 17.7 Å². The third-order valence-electron chi connectivity index (χ3n) is 3.70. The third kappa shape index (κ3) is 3.54. The molecule has 4 rings (SSSR count). The first-order chi connectivity index (χ1) is 12.3. The van der Waals surface area contributed by atoms with Crippen LogP contribution in [-0.4, -0.2) is 11.0 Å². The fourth-order valence-corrected chi connectivity index (χ4v) is 3.17. The number of carbonyl (C=O) groups excluding carboxylic acids is 1. The molecule has 2 amide bonds. The molecule has 5 nitrogen and oxygen atoms in total. The number of amides is 2. The first-order valence-corrected chi connectivity index (χ1v) is 8.69. The Morgan fingerprint density at radius 1 is 1.08 bits per heavy atom. The van der Waals surface area contributed by atoms with Crippen LogP contribution >= 0.6 is 11.3 Å². The van der Waals surface area contributed by atoms with Crippen LogP contribution in [0.5, 0.6) is 0 Å². The number of fused-ring (bicyclic) bond motifs is 1. The lowest BCUT2D eigenvalue weighted by molar-refractivity contribution is 0.251. The number of urea groups is 1. The molecule has 25 heavy (non-hydrogen) atoms. The van der Waals surface area contributed by atoms with Gasteiger partial charge in [0.25, 0.3) is 0 Å². The molecule has 0 aliphatic rings. The first-order valence-electron chi connectivity index (χ1n) is 7.81. The Morgan fingerprint density at radius 3 is 2.72 bits per heavy atom. The summed E-state index contributed by atoms with van der Waals surface area (Å²) in [5.41, 5.74) is 2.57. The SMILES string of the molecule is O=C(NCc1ccccc1)Nc1nc(-c2cc3ccccc3o2)cs1. The van der Waals surface area contributed by atoms with Crippen molar-refractivity contribution < 1.29 is 9.21 Å². The van der Waals surface area contributed by atoms with Crippen LogP contribution in [0.15, 0.2) is 70.5 Å². The standard InChI is InChI=1S/C19H15N3O2S/c23-18(20-11-13-6-2-1-3-7-13)22-19-21-15(12-25-19)17-10-14-8-4-5-9-16(14)24-17/h1-10,12H,11H2,(H2,20,21,22,23). The molecule has 2 aromatic carbocycles. The predicted octanol–water partition coefficient (Wildman–Crippen LogP) is 4.88. The van der Waals surface area contributed by atoms with Crippen molar-refractivity contribution in [3.05, 3.63) is 71.6 Å². The number of aromatic nitrogens is 1. The van der Waals surface area contributed by atoms with Crippen LogP contribution in [0.25, 0.3) is 22.4 Å². The van der Waals surface area contributed by atoms with Crippen LogP contribution in [0, 0.1) is 0 Å². The second-order valence-corrected chi connectivity index (χ2v) is 6.34.